The lowest BCUT2D eigenvalue weighted by Gasteiger charge is -2.08. The Kier molecular flexibility index (Phi) is 4.60. The van der Waals surface area contributed by atoms with Crippen molar-refractivity contribution in [2.24, 2.45) is 0 Å². The number of anilines is 3. The summed E-state index contributed by atoms with van der Waals surface area (Å²) < 4.78 is 1.04. The molecule has 3 aromatic rings. The van der Waals surface area contributed by atoms with Crippen LogP contribution < -0.4 is 10.6 Å². The maximum Gasteiger partial charge on any atom is 0.224 e. The second-order valence-electron chi connectivity index (χ2n) is 4.61. The lowest BCUT2D eigenvalue weighted by molar-refractivity contribution is 1.04. The minimum atomic E-state index is 0.575. The van der Waals surface area contributed by atoms with Crippen molar-refractivity contribution in [1.82, 2.24) is 15.0 Å². The maximum absolute atomic E-state index is 4.44. The zero-order chi connectivity index (χ0) is 15.2. The van der Waals surface area contributed by atoms with Crippen molar-refractivity contribution in [1.29, 1.82) is 0 Å². The van der Waals surface area contributed by atoms with E-state index in [1.165, 1.54) is 0 Å². The summed E-state index contributed by atoms with van der Waals surface area (Å²) in [6.07, 6.45) is 5.29. The number of pyridine rings is 1. The van der Waals surface area contributed by atoms with Crippen LogP contribution in [-0.2, 0) is 6.54 Å². The van der Waals surface area contributed by atoms with Gasteiger partial charge < -0.3 is 10.6 Å². The number of benzene rings is 1. The molecule has 0 radical (unpaired) electrons. The molecule has 110 valence electrons. The lowest BCUT2D eigenvalue weighted by atomic mass is 10.3. The van der Waals surface area contributed by atoms with Gasteiger partial charge in [-0.2, -0.15) is 4.98 Å². The minimum Gasteiger partial charge on any atom is -0.350 e. The predicted molar refractivity (Wildman–Crippen MR) is 91.0 cm³/mol. The van der Waals surface area contributed by atoms with Gasteiger partial charge in [0.05, 0.1) is 0 Å². The quantitative estimate of drug-likeness (QED) is 0.724. The largest absolute Gasteiger partial charge is 0.350 e. The highest BCUT2D eigenvalue weighted by molar-refractivity contribution is 9.10. The van der Waals surface area contributed by atoms with E-state index in [-0.39, 0.29) is 0 Å². The van der Waals surface area contributed by atoms with E-state index >= 15 is 0 Å². The van der Waals surface area contributed by atoms with Crippen LogP contribution in [0.4, 0.5) is 17.5 Å². The Morgan fingerprint density at radius 2 is 1.86 bits per heavy atom. The van der Waals surface area contributed by atoms with Crippen LogP contribution in [0.1, 0.15) is 5.56 Å². The molecule has 0 fully saturated rings. The minimum absolute atomic E-state index is 0.575. The van der Waals surface area contributed by atoms with Crippen LogP contribution in [0.25, 0.3) is 0 Å². The van der Waals surface area contributed by atoms with Crippen molar-refractivity contribution in [3.8, 4) is 0 Å². The van der Waals surface area contributed by atoms with Gasteiger partial charge in [0, 0.05) is 35.3 Å². The fourth-order valence-corrected chi connectivity index (χ4v) is 2.14. The summed E-state index contributed by atoms with van der Waals surface area (Å²) in [7, 11) is 0. The molecule has 2 heterocycles. The van der Waals surface area contributed by atoms with E-state index in [9.17, 15) is 0 Å². The van der Waals surface area contributed by atoms with Crippen molar-refractivity contribution in [2.45, 2.75) is 6.54 Å². The summed E-state index contributed by atoms with van der Waals surface area (Å²) in [6, 6.07) is 13.7. The highest BCUT2D eigenvalue weighted by atomic mass is 79.9. The van der Waals surface area contributed by atoms with Gasteiger partial charge in [-0.1, -0.05) is 22.0 Å². The zero-order valence-corrected chi connectivity index (χ0v) is 13.3. The number of nitrogens with one attached hydrogen (secondary N) is 2. The van der Waals surface area contributed by atoms with Crippen molar-refractivity contribution in [2.75, 3.05) is 10.6 Å². The molecule has 1 aromatic carbocycles. The first-order chi connectivity index (χ1) is 10.8. The molecular formula is C16H14BrN5. The maximum atomic E-state index is 4.44. The first-order valence-electron chi connectivity index (χ1n) is 6.78. The lowest BCUT2D eigenvalue weighted by Crippen LogP contribution is -2.05. The summed E-state index contributed by atoms with van der Waals surface area (Å²) in [5.74, 6) is 1.32. The Hall–Kier alpha value is -2.47. The summed E-state index contributed by atoms with van der Waals surface area (Å²) in [6.45, 7) is 0.635. The molecule has 22 heavy (non-hydrogen) atoms. The molecule has 0 aliphatic rings. The van der Waals surface area contributed by atoms with E-state index < -0.39 is 0 Å². The molecule has 2 aromatic heterocycles. The molecule has 0 atom stereocenters. The molecule has 0 aliphatic heterocycles. The van der Waals surface area contributed by atoms with Crippen molar-refractivity contribution in [3.63, 3.8) is 0 Å². The zero-order valence-electron chi connectivity index (χ0n) is 11.7. The number of aromatic nitrogens is 3. The van der Waals surface area contributed by atoms with Gasteiger partial charge in [-0.05, 0) is 42.0 Å². The number of hydrogen-bond donors (Lipinski definition) is 2. The summed E-state index contributed by atoms with van der Waals surface area (Å²) in [5.41, 5.74) is 2.05. The molecular weight excluding hydrogens is 342 g/mol. The van der Waals surface area contributed by atoms with Crippen LogP contribution in [0, 0.1) is 0 Å². The molecule has 6 heteroatoms. The van der Waals surface area contributed by atoms with Crippen molar-refractivity contribution in [3.05, 3.63) is 71.1 Å². The number of rotatable bonds is 5. The van der Waals surface area contributed by atoms with Gasteiger partial charge in [0.2, 0.25) is 5.95 Å². The van der Waals surface area contributed by atoms with Crippen LogP contribution in [0.15, 0.2) is 65.5 Å². The van der Waals surface area contributed by atoms with Gasteiger partial charge in [-0.3, -0.25) is 4.98 Å². The summed E-state index contributed by atoms with van der Waals surface area (Å²) in [5, 5.41) is 6.43. The number of hydrogen-bond acceptors (Lipinski definition) is 5. The fourth-order valence-electron chi connectivity index (χ4n) is 1.88. The van der Waals surface area contributed by atoms with Crippen LogP contribution >= 0.6 is 15.9 Å². The highest BCUT2D eigenvalue weighted by Gasteiger charge is 2.00. The molecule has 3 rings (SSSR count). The third-order valence-electron chi connectivity index (χ3n) is 2.95. The third-order valence-corrected chi connectivity index (χ3v) is 3.47. The Bertz CT molecular complexity index is 731. The monoisotopic (exact) mass is 355 g/mol. The van der Waals surface area contributed by atoms with E-state index in [4.69, 9.17) is 0 Å². The van der Waals surface area contributed by atoms with Crippen LogP contribution in [-0.4, -0.2) is 15.0 Å². The SMILES string of the molecule is Brc1ccc(Nc2ccnc(NCc3cccnc3)n2)cc1. The van der Waals surface area contributed by atoms with E-state index in [2.05, 4.69) is 41.5 Å². The molecule has 0 saturated heterocycles. The van der Waals surface area contributed by atoms with Gasteiger partial charge in [0.1, 0.15) is 5.82 Å². The molecule has 0 aliphatic carbocycles. The van der Waals surface area contributed by atoms with Gasteiger partial charge in [-0.15, -0.1) is 0 Å². The van der Waals surface area contributed by atoms with Crippen LogP contribution in [0.2, 0.25) is 0 Å². The van der Waals surface area contributed by atoms with Gasteiger partial charge in [0.15, 0.2) is 0 Å². The van der Waals surface area contributed by atoms with E-state index in [0.29, 0.717) is 12.5 Å². The average Bonchev–Trinajstić information content (AvgIpc) is 2.57. The highest BCUT2D eigenvalue weighted by Crippen LogP contribution is 2.18. The molecule has 0 saturated carbocycles. The second-order valence-corrected chi connectivity index (χ2v) is 5.53. The first-order valence-corrected chi connectivity index (χ1v) is 7.57. The van der Waals surface area contributed by atoms with E-state index in [1.54, 1.807) is 12.4 Å². The van der Waals surface area contributed by atoms with E-state index in [0.717, 1.165) is 21.5 Å². The predicted octanol–water partition coefficient (Wildman–Crippen LogP) is 3.99. The first kappa shape index (κ1) is 14.5. The van der Waals surface area contributed by atoms with Gasteiger partial charge >= 0.3 is 0 Å². The standard InChI is InChI=1S/C16H14BrN5/c17-13-3-5-14(6-4-13)21-15-7-9-19-16(22-15)20-11-12-2-1-8-18-10-12/h1-10H,11H2,(H2,19,20,21,22). The molecule has 0 amide bonds. The smallest absolute Gasteiger partial charge is 0.224 e. The van der Waals surface area contributed by atoms with Gasteiger partial charge in [0.25, 0.3) is 0 Å². The summed E-state index contributed by atoms with van der Waals surface area (Å²) in [4.78, 5) is 12.7. The second kappa shape index (κ2) is 7.00. The van der Waals surface area contributed by atoms with E-state index in [1.807, 2.05) is 48.7 Å². The third kappa shape index (κ3) is 4.02. The fraction of sp³-hybridized carbons (Fsp3) is 0.0625. The number of nitrogens with zero attached hydrogens (tertiary/aromatic N) is 3. The topological polar surface area (TPSA) is 62.7 Å². The number of halogens is 1. The van der Waals surface area contributed by atoms with Gasteiger partial charge in [-0.25, -0.2) is 4.98 Å². The summed E-state index contributed by atoms with van der Waals surface area (Å²) >= 11 is 3.42. The normalized spacial score (nSPS) is 10.2. The molecule has 5 nitrogen and oxygen atoms in total. The molecule has 0 bridgehead atoms. The molecule has 2 N–H and O–H groups in total. The Morgan fingerprint density at radius 3 is 2.64 bits per heavy atom. The van der Waals surface area contributed by atoms with Crippen molar-refractivity contribution >= 4 is 33.4 Å². The molecule has 0 unspecified atom stereocenters. The average molecular weight is 356 g/mol. The Morgan fingerprint density at radius 1 is 1.00 bits per heavy atom. The molecule has 0 spiro atoms. The Balaban J connectivity index is 1.66. The van der Waals surface area contributed by atoms with Crippen molar-refractivity contribution < 1.29 is 0 Å². The Labute approximate surface area is 137 Å². The van der Waals surface area contributed by atoms with Crippen LogP contribution in [0.3, 0.4) is 0 Å². The van der Waals surface area contributed by atoms with Crippen LogP contribution in [0.5, 0.6) is 0 Å².